The summed E-state index contributed by atoms with van der Waals surface area (Å²) in [6.45, 7) is 0.814. The van der Waals surface area contributed by atoms with Crippen LogP contribution in [-0.4, -0.2) is 117 Å². The molecule has 2 unspecified atom stereocenters. The first-order valence-electron chi connectivity index (χ1n) is 13.2. The van der Waals surface area contributed by atoms with Gasteiger partial charge in [0.05, 0.1) is 32.3 Å². The number of amidine groups is 1. The summed E-state index contributed by atoms with van der Waals surface area (Å²) in [4.78, 5) is 65.8. The molecule has 248 valence electrons. The Kier molecular flexibility index (Phi) is 12.7. The highest BCUT2D eigenvalue weighted by molar-refractivity contribution is 7.11. The maximum absolute atomic E-state index is 13.7. The van der Waals surface area contributed by atoms with Crippen LogP contribution in [0.3, 0.4) is 0 Å². The fourth-order valence-corrected chi connectivity index (χ4v) is 5.28. The molecule has 1 fully saturated rings. The summed E-state index contributed by atoms with van der Waals surface area (Å²) in [6.07, 6.45) is -1.51. The number of hydrogen-bond donors (Lipinski definition) is 6. The summed E-state index contributed by atoms with van der Waals surface area (Å²) < 4.78 is 24.1. The van der Waals surface area contributed by atoms with Gasteiger partial charge in [-0.2, -0.15) is 0 Å². The molecular weight excluding hydrogens is 659 g/mol. The van der Waals surface area contributed by atoms with E-state index in [-0.39, 0.29) is 23.7 Å². The Morgan fingerprint density at radius 1 is 1.20 bits per heavy atom. The summed E-state index contributed by atoms with van der Waals surface area (Å²) in [5.74, 6) is -8.54. The summed E-state index contributed by atoms with van der Waals surface area (Å²) >= 11 is 7.67. The number of thiazole rings is 1. The number of aliphatic hydroxyl groups is 1. The van der Waals surface area contributed by atoms with E-state index in [9.17, 15) is 33.5 Å². The van der Waals surface area contributed by atoms with Gasteiger partial charge in [-0.1, -0.05) is 17.7 Å². The second-order valence-electron chi connectivity index (χ2n) is 9.62. The number of morpholine rings is 1. The lowest BCUT2D eigenvalue weighted by Crippen LogP contribution is -2.52. The van der Waals surface area contributed by atoms with Crippen molar-refractivity contribution in [2.24, 2.45) is 10.9 Å². The van der Waals surface area contributed by atoms with E-state index in [1.54, 1.807) is 16.5 Å². The molecule has 2 aliphatic heterocycles. The zero-order valence-corrected chi connectivity index (χ0v) is 25.4. The maximum Gasteiger partial charge on any atom is 0.338 e. The summed E-state index contributed by atoms with van der Waals surface area (Å²) in [5.41, 5.74) is 0.964. The van der Waals surface area contributed by atoms with Crippen LogP contribution in [0.25, 0.3) is 0 Å². The van der Waals surface area contributed by atoms with E-state index in [4.69, 9.17) is 41.5 Å². The fraction of sp³-hybridized carbons (Fsp3) is 0.370. The number of halogens is 2. The molecule has 3 heterocycles. The monoisotopic (exact) mass is 686 g/mol. The smallest absolute Gasteiger partial charge is 0.338 e. The highest BCUT2D eigenvalue weighted by atomic mass is 35.5. The molecule has 0 saturated carbocycles. The van der Waals surface area contributed by atoms with E-state index >= 15 is 0 Å². The van der Waals surface area contributed by atoms with Gasteiger partial charge in [-0.3, -0.25) is 24.3 Å². The second-order valence-corrected chi connectivity index (χ2v) is 10.9. The summed E-state index contributed by atoms with van der Waals surface area (Å²) in [7, 11) is 1.24. The molecule has 0 amide bonds. The predicted molar refractivity (Wildman–Crippen MR) is 156 cm³/mol. The zero-order chi connectivity index (χ0) is 34.1. The third-order valence-corrected chi connectivity index (χ3v) is 7.76. The molecule has 2 aliphatic rings. The Morgan fingerprint density at radius 3 is 2.46 bits per heavy atom. The standard InChI is InChI=1S/C21H20ClFN4O5S.C6H8O7/c1-31-21(30)16-14(9-27-5-6-32-10-15(27)20(28)29)25-18(19-24-4-7-33-19)26-17(16)12-3-2-11(23)8-13(12)22;7-3(8)1-2(5(10)11)4(9)6(12)13/h2-4,7-8,15,17H,5-6,9-10H2,1H3,(H,25,26)(H,28,29);2,4,9H,1H2,(H,7,8)(H,10,11)(H,12,13)/t15-,17-;/m0./s1. The fourth-order valence-electron chi connectivity index (χ4n) is 4.42. The van der Waals surface area contributed by atoms with Gasteiger partial charge in [0.15, 0.2) is 16.9 Å². The number of aliphatic carboxylic acids is 4. The minimum atomic E-state index is -2.20. The van der Waals surface area contributed by atoms with E-state index < -0.39 is 66.2 Å². The number of carboxylic acid groups (broad SMARTS) is 4. The van der Waals surface area contributed by atoms with E-state index in [1.165, 1.54) is 30.6 Å². The summed E-state index contributed by atoms with van der Waals surface area (Å²) in [5, 5.41) is 48.7. The zero-order valence-electron chi connectivity index (χ0n) is 23.8. The third-order valence-electron chi connectivity index (χ3n) is 6.65. The van der Waals surface area contributed by atoms with Gasteiger partial charge >= 0.3 is 29.8 Å². The van der Waals surface area contributed by atoms with Crippen molar-refractivity contribution in [2.45, 2.75) is 24.6 Å². The Hall–Kier alpha value is -4.49. The Bertz CT molecular complexity index is 1540. The van der Waals surface area contributed by atoms with Crippen molar-refractivity contribution >= 4 is 58.6 Å². The van der Waals surface area contributed by atoms with Gasteiger partial charge in [-0.15, -0.1) is 11.3 Å². The number of hydrogen-bond acceptors (Lipinski definition) is 13. The second kappa shape index (κ2) is 16.2. The predicted octanol–water partition coefficient (Wildman–Crippen LogP) is 0.847. The number of nitrogens with one attached hydrogen (secondary N) is 1. The number of benzene rings is 1. The first kappa shape index (κ1) is 36.0. The Labute approximate surface area is 268 Å². The quantitative estimate of drug-likeness (QED) is 0.179. The average molecular weight is 687 g/mol. The molecule has 0 aliphatic carbocycles. The normalized spacial score (nSPS) is 19.4. The minimum absolute atomic E-state index is 0.0246. The molecule has 1 aromatic carbocycles. The SMILES string of the molecule is COC(=O)C1=C(CN2CCOC[C@H]2C(=O)O)NC(c2nccs2)=N[C@H]1c1ccc(F)cc1Cl.O=C(O)CC(C(=O)O)C(O)C(=O)O. The number of rotatable bonds is 11. The maximum atomic E-state index is 13.7. The van der Waals surface area contributed by atoms with Crippen molar-refractivity contribution in [3.05, 3.63) is 62.5 Å². The molecular formula is C27H28ClFN4O12S. The lowest BCUT2D eigenvalue weighted by atomic mass is 9.95. The van der Waals surface area contributed by atoms with Gasteiger partial charge < -0.3 is 40.3 Å². The van der Waals surface area contributed by atoms with E-state index in [2.05, 4.69) is 15.3 Å². The number of aliphatic imine (C=N–C) groups is 1. The third kappa shape index (κ3) is 9.04. The summed E-state index contributed by atoms with van der Waals surface area (Å²) in [6, 6.07) is 2.05. The van der Waals surface area contributed by atoms with Crippen LogP contribution in [0.15, 0.2) is 46.0 Å². The van der Waals surface area contributed by atoms with Gasteiger partial charge in [0, 0.05) is 40.9 Å². The van der Waals surface area contributed by atoms with Crippen LogP contribution in [-0.2, 0) is 33.4 Å². The van der Waals surface area contributed by atoms with Gasteiger partial charge in [0.1, 0.15) is 23.8 Å². The number of aliphatic hydroxyl groups excluding tert-OH is 1. The van der Waals surface area contributed by atoms with Crippen molar-refractivity contribution in [2.75, 3.05) is 33.4 Å². The number of nitrogens with zero attached hydrogens (tertiary/aromatic N) is 3. The molecule has 0 bridgehead atoms. The molecule has 6 N–H and O–H groups in total. The highest BCUT2D eigenvalue weighted by Crippen LogP contribution is 2.37. The highest BCUT2D eigenvalue weighted by Gasteiger charge is 2.37. The van der Waals surface area contributed by atoms with E-state index in [0.29, 0.717) is 35.3 Å². The van der Waals surface area contributed by atoms with Crippen LogP contribution in [0.5, 0.6) is 0 Å². The lowest BCUT2D eigenvalue weighted by molar-refractivity contribution is -0.162. The molecule has 2 aromatic rings. The molecule has 0 radical (unpaired) electrons. The minimum Gasteiger partial charge on any atom is -0.481 e. The number of carbonyl (C=O) groups excluding carboxylic acids is 1. The van der Waals surface area contributed by atoms with Crippen molar-refractivity contribution in [3.8, 4) is 0 Å². The van der Waals surface area contributed by atoms with Crippen LogP contribution in [0.2, 0.25) is 5.02 Å². The first-order chi connectivity index (χ1) is 21.7. The van der Waals surface area contributed by atoms with Crippen molar-refractivity contribution < 1.29 is 63.4 Å². The molecule has 46 heavy (non-hydrogen) atoms. The van der Waals surface area contributed by atoms with Crippen molar-refractivity contribution in [1.82, 2.24) is 15.2 Å². The van der Waals surface area contributed by atoms with E-state index in [1.807, 2.05) is 0 Å². The van der Waals surface area contributed by atoms with Crippen LogP contribution in [0.1, 0.15) is 23.0 Å². The number of aromatic nitrogens is 1. The van der Waals surface area contributed by atoms with Crippen molar-refractivity contribution in [3.63, 3.8) is 0 Å². The van der Waals surface area contributed by atoms with Crippen LogP contribution in [0, 0.1) is 11.7 Å². The molecule has 0 spiro atoms. The van der Waals surface area contributed by atoms with Crippen LogP contribution >= 0.6 is 22.9 Å². The van der Waals surface area contributed by atoms with Crippen LogP contribution < -0.4 is 5.32 Å². The lowest BCUT2D eigenvalue weighted by Gasteiger charge is -2.35. The molecule has 16 nitrogen and oxygen atoms in total. The molecule has 1 saturated heterocycles. The number of methoxy groups -OCH3 is 1. The number of carboxylic acids is 4. The van der Waals surface area contributed by atoms with Gasteiger partial charge in [0.2, 0.25) is 0 Å². The van der Waals surface area contributed by atoms with Crippen LogP contribution in [0.4, 0.5) is 4.39 Å². The Morgan fingerprint density at radius 2 is 1.91 bits per heavy atom. The molecule has 19 heteroatoms. The number of carbonyl (C=O) groups is 5. The van der Waals surface area contributed by atoms with Crippen molar-refractivity contribution in [1.29, 1.82) is 0 Å². The number of ether oxygens (including phenoxy) is 2. The molecule has 4 atom stereocenters. The largest absolute Gasteiger partial charge is 0.481 e. The van der Waals surface area contributed by atoms with Gasteiger partial charge in [-0.05, 0) is 12.1 Å². The molecule has 4 rings (SSSR count). The average Bonchev–Trinajstić information content (AvgIpc) is 3.54. The Balaban J connectivity index is 0.000000376. The topological polar surface area (TPSA) is 245 Å². The van der Waals surface area contributed by atoms with Gasteiger partial charge in [-0.25, -0.2) is 19.0 Å². The molecule has 1 aromatic heterocycles. The first-order valence-corrected chi connectivity index (χ1v) is 14.4. The van der Waals surface area contributed by atoms with Gasteiger partial charge in [0.25, 0.3) is 0 Å². The van der Waals surface area contributed by atoms with E-state index in [0.717, 1.165) is 6.07 Å². The number of esters is 1.